The molecule has 1 aromatic rings. The number of esters is 1. The van der Waals surface area contributed by atoms with Gasteiger partial charge in [-0.25, -0.2) is 14.4 Å². The molecule has 0 spiro atoms. The number of amides is 1. The van der Waals surface area contributed by atoms with E-state index in [2.05, 4.69) is 10.1 Å². The summed E-state index contributed by atoms with van der Waals surface area (Å²) in [6, 6.07) is 8.15. The van der Waals surface area contributed by atoms with E-state index in [1.807, 2.05) is 36.6 Å². The first-order valence-electron chi connectivity index (χ1n) is 7.80. The molecule has 0 saturated carbocycles. The zero-order valence-corrected chi connectivity index (χ0v) is 15.3. The molecule has 138 valence electrons. The van der Waals surface area contributed by atoms with Crippen LogP contribution in [0.15, 0.2) is 30.3 Å². The van der Waals surface area contributed by atoms with Gasteiger partial charge in [0.2, 0.25) is 0 Å². The third kappa shape index (κ3) is 8.99. The van der Waals surface area contributed by atoms with Crippen LogP contribution in [0.1, 0.15) is 25.8 Å². The van der Waals surface area contributed by atoms with Crippen LogP contribution in [0.5, 0.6) is 0 Å². The van der Waals surface area contributed by atoms with Gasteiger partial charge in [0.05, 0.1) is 6.10 Å². The third-order valence-corrected chi connectivity index (χ3v) is 3.56. The second kappa shape index (κ2) is 11.4. The minimum absolute atomic E-state index is 0.0758. The van der Waals surface area contributed by atoms with Gasteiger partial charge in [-0.1, -0.05) is 30.3 Å². The average molecular weight is 369 g/mol. The third-order valence-electron chi connectivity index (χ3n) is 2.92. The van der Waals surface area contributed by atoms with Crippen molar-refractivity contribution in [2.24, 2.45) is 0 Å². The van der Waals surface area contributed by atoms with E-state index >= 15 is 0 Å². The van der Waals surface area contributed by atoms with Crippen LogP contribution in [0.3, 0.4) is 0 Å². The number of ether oxygens (including phenoxy) is 3. The van der Waals surface area contributed by atoms with Crippen molar-refractivity contribution in [1.82, 2.24) is 5.32 Å². The molecule has 1 atom stereocenters. The van der Waals surface area contributed by atoms with E-state index in [0.717, 1.165) is 5.56 Å². The topological polar surface area (TPSA) is 90.9 Å². The van der Waals surface area contributed by atoms with Crippen LogP contribution in [0.2, 0.25) is 0 Å². The summed E-state index contributed by atoms with van der Waals surface area (Å²) in [6.45, 7) is 3.35. The first-order chi connectivity index (χ1) is 11.9. The normalized spacial score (nSPS) is 11.5. The summed E-state index contributed by atoms with van der Waals surface area (Å²) in [5.74, 6) is -0.283. The highest BCUT2D eigenvalue weighted by atomic mass is 32.2. The van der Waals surface area contributed by atoms with Gasteiger partial charge in [0.1, 0.15) is 12.6 Å². The Kier molecular flexibility index (Phi) is 9.46. The molecule has 1 rings (SSSR count). The van der Waals surface area contributed by atoms with Crippen molar-refractivity contribution < 1.29 is 28.6 Å². The van der Waals surface area contributed by atoms with Gasteiger partial charge < -0.3 is 19.5 Å². The number of nitrogens with one attached hydrogen (secondary N) is 1. The van der Waals surface area contributed by atoms with Gasteiger partial charge in [-0.05, 0) is 37.8 Å². The summed E-state index contributed by atoms with van der Waals surface area (Å²) >= 11 is 1.50. The number of thioether (sulfide) groups is 1. The lowest BCUT2D eigenvalue weighted by Gasteiger charge is -2.17. The Balaban J connectivity index is 2.54. The minimum Gasteiger partial charge on any atom is -0.445 e. The summed E-state index contributed by atoms with van der Waals surface area (Å²) in [5, 5.41) is 2.42. The molecule has 0 radical (unpaired) electrons. The van der Waals surface area contributed by atoms with Crippen LogP contribution in [0.25, 0.3) is 0 Å². The maximum atomic E-state index is 12.0. The van der Waals surface area contributed by atoms with E-state index in [4.69, 9.17) is 9.47 Å². The largest absolute Gasteiger partial charge is 0.516 e. The second-order valence-corrected chi connectivity index (χ2v) is 6.36. The van der Waals surface area contributed by atoms with Crippen LogP contribution in [-0.4, -0.2) is 42.4 Å². The van der Waals surface area contributed by atoms with E-state index in [1.54, 1.807) is 13.8 Å². The highest BCUT2D eigenvalue weighted by Crippen LogP contribution is 2.06. The van der Waals surface area contributed by atoms with Gasteiger partial charge in [-0.15, -0.1) is 0 Å². The Morgan fingerprint density at radius 3 is 2.44 bits per heavy atom. The number of rotatable bonds is 8. The summed E-state index contributed by atoms with van der Waals surface area (Å²) in [4.78, 5) is 35.4. The molecule has 0 heterocycles. The van der Waals surface area contributed by atoms with Gasteiger partial charge in [0.25, 0.3) is 0 Å². The summed E-state index contributed by atoms with van der Waals surface area (Å²) in [7, 11) is 0. The quantitative estimate of drug-likeness (QED) is 0.556. The molecule has 1 aromatic carbocycles. The predicted octanol–water partition coefficient (Wildman–Crippen LogP) is 3.12. The number of carbonyl (C=O) groups excluding carboxylic acids is 3. The van der Waals surface area contributed by atoms with E-state index in [-0.39, 0.29) is 6.61 Å². The van der Waals surface area contributed by atoms with Gasteiger partial charge in [0, 0.05) is 0 Å². The fourth-order valence-electron chi connectivity index (χ4n) is 1.76. The Morgan fingerprint density at radius 1 is 1.16 bits per heavy atom. The molecule has 0 fully saturated rings. The lowest BCUT2D eigenvalue weighted by Crippen LogP contribution is -2.43. The molecule has 8 heteroatoms. The summed E-state index contributed by atoms with van der Waals surface area (Å²) in [5.41, 5.74) is 0.821. The maximum absolute atomic E-state index is 12.0. The molecular formula is C17H23NO6S. The highest BCUT2D eigenvalue weighted by Gasteiger charge is 2.26. The first-order valence-corrected chi connectivity index (χ1v) is 9.20. The molecule has 0 aliphatic rings. The molecule has 0 aromatic heterocycles. The van der Waals surface area contributed by atoms with Gasteiger partial charge in [0.15, 0.2) is 0 Å². The number of carbonyl (C=O) groups is 3. The smallest absolute Gasteiger partial charge is 0.445 e. The van der Waals surface area contributed by atoms with E-state index in [1.165, 1.54) is 11.8 Å². The molecule has 1 amide bonds. The van der Waals surface area contributed by atoms with Gasteiger partial charge in [-0.2, -0.15) is 11.8 Å². The van der Waals surface area contributed by atoms with Crippen LogP contribution < -0.4 is 5.32 Å². The Morgan fingerprint density at radius 2 is 1.84 bits per heavy atom. The molecule has 0 aliphatic heterocycles. The van der Waals surface area contributed by atoms with Crippen LogP contribution >= 0.6 is 11.8 Å². The number of hydrogen-bond donors (Lipinski definition) is 1. The SMILES string of the molecule is CSCC[C@H](NC(=O)OCc1ccccc1)C(=O)OC(=O)OC(C)C. The van der Waals surface area contributed by atoms with Gasteiger partial charge >= 0.3 is 18.2 Å². The fraction of sp³-hybridized carbons (Fsp3) is 0.471. The number of alkyl carbamates (subject to hydrolysis) is 1. The van der Waals surface area contributed by atoms with Crippen LogP contribution in [-0.2, 0) is 25.6 Å². The van der Waals surface area contributed by atoms with E-state index < -0.39 is 30.4 Å². The van der Waals surface area contributed by atoms with Crippen molar-refractivity contribution in [3.63, 3.8) is 0 Å². The average Bonchev–Trinajstić information content (AvgIpc) is 2.56. The minimum atomic E-state index is -1.09. The maximum Gasteiger partial charge on any atom is 0.516 e. The van der Waals surface area contributed by atoms with E-state index in [9.17, 15) is 14.4 Å². The standard InChI is InChI=1S/C17H23NO6S/c1-12(2)23-17(21)24-15(19)14(9-10-25-3)18-16(20)22-11-13-7-5-4-6-8-13/h4-8,12,14H,9-11H2,1-3H3,(H,18,20)/t14-/m0/s1. The van der Waals surface area contributed by atoms with Crippen molar-refractivity contribution in [1.29, 1.82) is 0 Å². The fourth-order valence-corrected chi connectivity index (χ4v) is 2.23. The molecule has 1 N–H and O–H groups in total. The zero-order chi connectivity index (χ0) is 18.7. The Hall–Kier alpha value is -2.22. The van der Waals surface area contributed by atoms with Crippen LogP contribution in [0, 0.1) is 0 Å². The summed E-state index contributed by atoms with van der Waals surface area (Å²) < 4.78 is 14.4. The molecule has 0 unspecified atom stereocenters. The number of benzene rings is 1. The molecule has 0 bridgehead atoms. The second-order valence-electron chi connectivity index (χ2n) is 5.38. The lowest BCUT2D eigenvalue weighted by molar-refractivity contribution is -0.142. The molecular weight excluding hydrogens is 346 g/mol. The van der Waals surface area contributed by atoms with Gasteiger partial charge in [-0.3, -0.25) is 0 Å². The molecule has 0 saturated heterocycles. The lowest BCUT2D eigenvalue weighted by atomic mass is 10.2. The highest BCUT2D eigenvalue weighted by molar-refractivity contribution is 7.98. The summed E-state index contributed by atoms with van der Waals surface area (Å²) in [6.07, 6.45) is -0.0927. The Bertz CT molecular complexity index is 564. The molecule has 25 heavy (non-hydrogen) atoms. The Labute approximate surface area is 151 Å². The van der Waals surface area contributed by atoms with E-state index in [0.29, 0.717) is 12.2 Å². The van der Waals surface area contributed by atoms with Crippen molar-refractivity contribution in [3.8, 4) is 0 Å². The molecule has 7 nitrogen and oxygen atoms in total. The first kappa shape index (κ1) is 20.8. The monoisotopic (exact) mass is 369 g/mol. The van der Waals surface area contributed by atoms with Crippen molar-refractivity contribution in [2.75, 3.05) is 12.0 Å². The van der Waals surface area contributed by atoms with Crippen molar-refractivity contribution >= 4 is 30.0 Å². The number of hydrogen-bond acceptors (Lipinski definition) is 7. The zero-order valence-electron chi connectivity index (χ0n) is 14.5. The van der Waals surface area contributed by atoms with Crippen molar-refractivity contribution in [2.45, 2.75) is 39.0 Å². The van der Waals surface area contributed by atoms with Crippen molar-refractivity contribution in [3.05, 3.63) is 35.9 Å². The van der Waals surface area contributed by atoms with Crippen LogP contribution in [0.4, 0.5) is 9.59 Å². The molecule has 0 aliphatic carbocycles. The predicted molar refractivity (Wildman–Crippen MR) is 94.3 cm³/mol.